The first kappa shape index (κ1) is 14.9. The minimum Gasteiger partial charge on any atom is -0.382 e. The van der Waals surface area contributed by atoms with E-state index in [0.29, 0.717) is 6.61 Å². The molecule has 3 heteroatoms. The Morgan fingerprint density at radius 1 is 1.00 bits per heavy atom. The molecule has 15 heavy (non-hydrogen) atoms. The van der Waals surface area contributed by atoms with E-state index in [1.54, 1.807) is 0 Å². The van der Waals surface area contributed by atoms with Gasteiger partial charge in [0, 0.05) is 32.8 Å². The fourth-order valence-electron chi connectivity index (χ4n) is 1.31. The summed E-state index contributed by atoms with van der Waals surface area (Å²) in [4.78, 5) is 0. The molecule has 0 aliphatic rings. The van der Waals surface area contributed by atoms with E-state index in [1.165, 1.54) is 0 Å². The lowest BCUT2D eigenvalue weighted by Gasteiger charge is -2.16. The molecule has 0 spiro atoms. The number of hydrogen-bond acceptors (Lipinski definition) is 3. The van der Waals surface area contributed by atoms with Crippen LogP contribution >= 0.6 is 0 Å². The first-order chi connectivity index (χ1) is 7.35. The van der Waals surface area contributed by atoms with E-state index in [9.17, 15) is 0 Å². The maximum Gasteiger partial charge on any atom is 0.0630 e. The van der Waals surface area contributed by atoms with Gasteiger partial charge in [0.05, 0.1) is 12.7 Å². The summed E-state index contributed by atoms with van der Waals surface area (Å²) in [6, 6.07) is 0. The van der Waals surface area contributed by atoms with E-state index < -0.39 is 0 Å². The van der Waals surface area contributed by atoms with Crippen molar-refractivity contribution in [2.45, 2.75) is 39.7 Å². The highest BCUT2D eigenvalue weighted by molar-refractivity contribution is 4.76. The molecule has 0 fully saturated rings. The van der Waals surface area contributed by atoms with Gasteiger partial charge in [0.1, 0.15) is 0 Å². The average molecular weight is 217 g/mol. The summed E-state index contributed by atoms with van der Waals surface area (Å²) < 4.78 is 16.1. The number of hydrogen-bond donors (Lipinski definition) is 0. The van der Waals surface area contributed by atoms with Crippen molar-refractivity contribution in [2.75, 3.05) is 33.0 Å². The molecular formula is C12H25O3. The first-order valence-corrected chi connectivity index (χ1v) is 5.95. The van der Waals surface area contributed by atoms with E-state index in [1.807, 2.05) is 20.8 Å². The topological polar surface area (TPSA) is 27.7 Å². The van der Waals surface area contributed by atoms with Crippen LogP contribution in [0.4, 0.5) is 0 Å². The van der Waals surface area contributed by atoms with Crippen LogP contribution in [0.15, 0.2) is 0 Å². The summed E-state index contributed by atoms with van der Waals surface area (Å²) in [5.74, 6) is 0. The molecule has 0 saturated heterocycles. The molecule has 0 bridgehead atoms. The van der Waals surface area contributed by atoms with Gasteiger partial charge in [-0.3, -0.25) is 0 Å². The second-order valence-corrected chi connectivity index (χ2v) is 3.23. The second-order valence-electron chi connectivity index (χ2n) is 3.23. The van der Waals surface area contributed by atoms with E-state index >= 15 is 0 Å². The third-order valence-corrected chi connectivity index (χ3v) is 2.04. The van der Waals surface area contributed by atoms with Crippen molar-refractivity contribution in [1.82, 2.24) is 0 Å². The summed E-state index contributed by atoms with van der Waals surface area (Å²) >= 11 is 0. The molecule has 0 aliphatic carbocycles. The maximum absolute atomic E-state index is 5.58. The zero-order valence-electron chi connectivity index (χ0n) is 10.3. The number of ether oxygens (including phenoxy) is 3. The largest absolute Gasteiger partial charge is 0.382 e. The SMILES string of the molecule is CCOC[CH]C(CCCOCC)OCC. The highest BCUT2D eigenvalue weighted by atomic mass is 16.5. The van der Waals surface area contributed by atoms with Crippen molar-refractivity contribution >= 4 is 0 Å². The fourth-order valence-corrected chi connectivity index (χ4v) is 1.31. The van der Waals surface area contributed by atoms with E-state index in [2.05, 4.69) is 6.42 Å². The van der Waals surface area contributed by atoms with Gasteiger partial charge in [-0.25, -0.2) is 0 Å². The standard InChI is InChI=1S/C12H25O3/c1-4-13-10-7-8-12(15-6-3)9-11-14-5-2/h9,12H,4-8,10-11H2,1-3H3. The van der Waals surface area contributed by atoms with E-state index in [0.717, 1.165) is 39.3 Å². The highest BCUT2D eigenvalue weighted by Crippen LogP contribution is 2.06. The minimum atomic E-state index is 0.210. The van der Waals surface area contributed by atoms with Crippen LogP contribution in [0.2, 0.25) is 0 Å². The van der Waals surface area contributed by atoms with Crippen molar-refractivity contribution in [3.8, 4) is 0 Å². The quantitative estimate of drug-likeness (QED) is 0.498. The Balaban J connectivity index is 3.44. The molecular weight excluding hydrogens is 192 g/mol. The summed E-state index contributed by atoms with van der Waals surface area (Å²) in [6.45, 7) is 9.83. The zero-order chi connectivity index (χ0) is 11.4. The van der Waals surface area contributed by atoms with Crippen LogP contribution in [0.25, 0.3) is 0 Å². The maximum atomic E-state index is 5.58. The zero-order valence-corrected chi connectivity index (χ0v) is 10.3. The molecule has 0 aromatic rings. The van der Waals surface area contributed by atoms with Crippen molar-refractivity contribution in [3.05, 3.63) is 6.42 Å². The summed E-state index contributed by atoms with van der Waals surface area (Å²) in [7, 11) is 0. The lowest BCUT2D eigenvalue weighted by molar-refractivity contribution is 0.0511. The van der Waals surface area contributed by atoms with Crippen molar-refractivity contribution in [2.24, 2.45) is 0 Å². The molecule has 0 heterocycles. The lowest BCUT2D eigenvalue weighted by atomic mass is 10.1. The Labute approximate surface area is 94.1 Å². The van der Waals surface area contributed by atoms with Crippen LogP contribution in [0, 0.1) is 6.42 Å². The molecule has 0 N–H and O–H groups in total. The van der Waals surface area contributed by atoms with Crippen molar-refractivity contribution in [3.63, 3.8) is 0 Å². The van der Waals surface area contributed by atoms with Gasteiger partial charge in [-0.15, -0.1) is 0 Å². The Hall–Kier alpha value is -0.120. The summed E-state index contributed by atoms with van der Waals surface area (Å²) in [5, 5.41) is 0. The van der Waals surface area contributed by atoms with Gasteiger partial charge in [-0.05, 0) is 33.6 Å². The molecule has 0 aromatic heterocycles. The highest BCUT2D eigenvalue weighted by Gasteiger charge is 2.08. The monoisotopic (exact) mass is 217 g/mol. The Kier molecular flexibility index (Phi) is 11.9. The molecule has 0 rings (SSSR count). The van der Waals surface area contributed by atoms with Gasteiger partial charge in [0.25, 0.3) is 0 Å². The molecule has 3 nitrogen and oxygen atoms in total. The normalized spacial score (nSPS) is 13.0. The average Bonchev–Trinajstić information content (AvgIpc) is 2.24. The lowest BCUT2D eigenvalue weighted by Crippen LogP contribution is -2.17. The molecule has 0 aliphatic heterocycles. The minimum absolute atomic E-state index is 0.210. The molecule has 0 saturated carbocycles. The predicted octanol–water partition coefficient (Wildman–Crippen LogP) is 2.45. The summed E-state index contributed by atoms with van der Waals surface area (Å²) in [5.41, 5.74) is 0. The molecule has 91 valence electrons. The van der Waals surface area contributed by atoms with Gasteiger partial charge < -0.3 is 14.2 Å². The molecule has 0 amide bonds. The third-order valence-electron chi connectivity index (χ3n) is 2.04. The predicted molar refractivity (Wildman–Crippen MR) is 61.9 cm³/mol. The van der Waals surface area contributed by atoms with Gasteiger partial charge in [-0.1, -0.05) is 0 Å². The van der Waals surface area contributed by atoms with Gasteiger partial charge in [0.15, 0.2) is 0 Å². The molecule has 1 atom stereocenters. The van der Waals surface area contributed by atoms with Crippen LogP contribution in [-0.4, -0.2) is 39.1 Å². The van der Waals surface area contributed by atoms with E-state index in [4.69, 9.17) is 14.2 Å². The molecule has 1 radical (unpaired) electrons. The van der Waals surface area contributed by atoms with Crippen LogP contribution < -0.4 is 0 Å². The van der Waals surface area contributed by atoms with Crippen LogP contribution in [0.5, 0.6) is 0 Å². The van der Waals surface area contributed by atoms with Gasteiger partial charge >= 0.3 is 0 Å². The molecule has 0 aromatic carbocycles. The van der Waals surface area contributed by atoms with Crippen LogP contribution in [-0.2, 0) is 14.2 Å². The van der Waals surface area contributed by atoms with Crippen molar-refractivity contribution < 1.29 is 14.2 Å². The Morgan fingerprint density at radius 3 is 2.33 bits per heavy atom. The summed E-state index contributed by atoms with van der Waals surface area (Å²) in [6.07, 6.45) is 4.36. The van der Waals surface area contributed by atoms with Crippen LogP contribution in [0.3, 0.4) is 0 Å². The van der Waals surface area contributed by atoms with Gasteiger partial charge in [-0.2, -0.15) is 0 Å². The second kappa shape index (κ2) is 12.0. The van der Waals surface area contributed by atoms with Gasteiger partial charge in [0.2, 0.25) is 0 Å². The first-order valence-electron chi connectivity index (χ1n) is 5.95. The van der Waals surface area contributed by atoms with Crippen LogP contribution in [0.1, 0.15) is 33.6 Å². The number of rotatable bonds is 11. The van der Waals surface area contributed by atoms with E-state index in [-0.39, 0.29) is 6.10 Å². The third kappa shape index (κ3) is 10.2. The Morgan fingerprint density at radius 2 is 1.73 bits per heavy atom. The molecule has 1 unspecified atom stereocenters. The Bertz CT molecular complexity index is 117. The smallest absolute Gasteiger partial charge is 0.0630 e. The van der Waals surface area contributed by atoms with Crippen molar-refractivity contribution in [1.29, 1.82) is 0 Å². The fraction of sp³-hybridized carbons (Fsp3) is 0.917.